The lowest BCUT2D eigenvalue weighted by atomic mass is 9.96. The lowest BCUT2D eigenvalue weighted by Gasteiger charge is -2.22. The van der Waals surface area contributed by atoms with E-state index in [0.29, 0.717) is 25.3 Å². The van der Waals surface area contributed by atoms with Crippen molar-refractivity contribution < 1.29 is 9.59 Å². The molecule has 1 aliphatic carbocycles. The van der Waals surface area contributed by atoms with Crippen LogP contribution in [0, 0.1) is 0 Å². The van der Waals surface area contributed by atoms with E-state index in [2.05, 4.69) is 19.2 Å². The van der Waals surface area contributed by atoms with E-state index in [1.165, 1.54) is 32.1 Å². The first-order valence-corrected chi connectivity index (χ1v) is 9.74. The van der Waals surface area contributed by atoms with Crippen LogP contribution in [-0.4, -0.2) is 35.8 Å². The van der Waals surface area contributed by atoms with Crippen molar-refractivity contribution in [3.05, 3.63) is 0 Å². The molecule has 0 aromatic heterocycles. The van der Waals surface area contributed by atoms with Gasteiger partial charge in [0, 0.05) is 32.0 Å². The SMILES string of the molecule is CCCN(CCC)C(=O)CCCC(=O)NC1CCCCCCC1. The number of amides is 2. The van der Waals surface area contributed by atoms with Crippen LogP contribution in [0.3, 0.4) is 0 Å². The quantitative estimate of drug-likeness (QED) is 0.696. The fraction of sp³-hybridized carbons (Fsp3) is 0.895. The van der Waals surface area contributed by atoms with Crippen molar-refractivity contribution in [3.63, 3.8) is 0 Å². The molecule has 4 heteroatoms. The van der Waals surface area contributed by atoms with Crippen LogP contribution in [-0.2, 0) is 9.59 Å². The Kier molecular flexibility index (Phi) is 10.8. The molecule has 1 aliphatic rings. The molecule has 1 rings (SSSR count). The number of hydrogen-bond acceptors (Lipinski definition) is 2. The van der Waals surface area contributed by atoms with Crippen LogP contribution in [0.5, 0.6) is 0 Å². The smallest absolute Gasteiger partial charge is 0.222 e. The maximum Gasteiger partial charge on any atom is 0.222 e. The summed E-state index contributed by atoms with van der Waals surface area (Å²) in [6.45, 7) is 5.86. The minimum absolute atomic E-state index is 0.126. The zero-order valence-corrected chi connectivity index (χ0v) is 15.2. The molecule has 23 heavy (non-hydrogen) atoms. The van der Waals surface area contributed by atoms with Crippen molar-refractivity contribution in [2.75, 3.05) is 13.1 Å². The minimum atomic E-state index is 0.126. The molecule has 0 heterocycles. The molecule has 0 aromatic carbocycles. The maximum absolute atomic E-state index is 12.2. The summed E-state index contributed by atoms with van der Waals surface area (Å²) >= 11 is 0. The summed E-state index contributed by atoms with van der Waals surface area (Å²) in [7, 11) is 0. The fourth-order valence-electron chi connectivity index (χ4n) is 3.36. The van der Waals surface area contributed by atoms with E-state index in [1.807, 2.05) is 4.90 Å². The first-order chi connectivity index (χ1) is 11.2. The van der Waals surface area contributed by atoms with E-state index in [0.717, 1.165) is 38.8 Å². The second-order valence-electron chi connectivity index (χ2n) is 6.84. The Morgan fingerprint density at radius 2 is 1.48 bits per heavy atom. The molecule has 134 valence electrons. The molecular formula is C19H36N2O2. The van der Waals surface area contributed by atoms with Crippen molar-refractivity contribution in [1.82, 2.24) is 10.2 Å². The molecule has 0 unspecified atom stereocenters. The monoisotopic (exact) mass is 324 g/mol. The highest BCUT2D eigenvalue weighted by Crippen LogP contribution is 2.17. The second kappa shape index (κ2) is 12.4. The zero-order valence-electron chi connectivity index (χ0n) is 15.2. The molecule has 1 fully saturated rings. The van der Waals surface area contributed by atoms with Gasteiger partial charge in [-0.3, -0.25) is 9.59 Å². The average molecular weight is 325 g/mol. The van der Waals surface area contributed by atoms with E-state index in [4.69, 9.17) is 0 Å². The first-order valence-electron chi connectivity index (χ1n) is 9.74. The normalized spacial score (nSPS) is 16.4. The highest BCUT2D eigenvalue weighted by atomic mass is 16.2. The lowest BCUT2D eigenvalue weighted by molar-refractivity contribution is -0.131. The van der Waals surface area contributed by atoms with Gasteiger partial charge in [-0.1, -0.05) is 46.0 Å². The largest absolute Gasteiger partial charge is 0.353 e. The predicted molar refractivity (Wildman–Crippen MR) is 95.3 cm³/mol. The topological polar surface area (TPSA) is 49.4 Å². The highest BCUT2D eigenvalue weighted by molar-refractivity contribution is 5.79. The van der Waals surface area contributed by atoms with Gasteiger partial charge in [0.2, 0.25) is 11.8 Å². The maximum atomic E-state index is 12.2. The molecular weight excluding hydrogens is 288 g/mol. The Hall–Kier alpha value is -1.06. The van der Waals surface area contributed by atoms with E-state index in [1.54, 1.807) is 0 Å². The van der Waals surface area contributed by atoms with Crippen molar-refractivity contribution >= 4 is 11.8 Å². The van der Waals surface area contributed by atoms with E-state index in [-0.39, 0.29) is 11.8 Å². The van der Waals surface area contributed by atoms with Gasteiger partial charge in [0.25, 0.3) is 0 Å². The molecule has 0 atom stereocenters. The zero-order chi connectivity index (χ0) is 16.9. The highest BCUT2D eigenvalue weighted by Gasteiger charge is 2.15. The van der Waals surface area contributed by atoms with Crippen LogP contribution in [0.1, 0.15) is 90.9 Å². The third-order valence-electron chi connectivity index (χ3n) is 4.60. The Morgan fingerprint density at radius 3 is 2.04 bits per heavy atom. The summed E-state index contributed by atoms with van der Waals surface area (Å²) in [4.78, 5) is 26.2. The van der Waals surface area contributed by atoms with Gasteiger partial charge >= 0.3 is 0 Å². The van der Waals surface area contributed by atoms with Gasteiger partial charge in [-0.25, -0.2) is 0 Å². The Balaban J connectivity index is 2.22. The van der Waals surface area contributed by atoms with Gasteiger partial charge in [0.15, 0.2) is 0 Å². The van der Waals surface area contributed by atoms with E-state index >= 15 is 0 Å². The van der Waals surface area contributed by atoms with Gasteiger partial charge in [-0.15, -0.1) is 0 Å². The summed E-state index contributed by atoms with van der Waals surface area (Å²) in [6, 6.07) is 0.357. The summed E-state index contributed by atoms with van der Waals surface area (Å²) in [5.41, 5.74) is 0. The second-order valence-corrected chi connectivity index (χ2v) is 6.84. The number of hydrogen-bond donors (Lipinski definition) is 1. The van der Waals surface area contributed by atoms with Gasteiger partial charge in [-0.05, 0) is 32.1 Å². The summed E-state index contributed by atoms with van der Waals surface area (Å²) in [6.07, 6.45) is 12.3. The van der Waals surface area contributed by atoms with E-state index in [9.17, 15) is 9.59 Å². The average Bonchev–Trinajstić information content (AvgIpc) is 2.49. The summed E-state index contributed by atoms with van der Waals surface area (Å²) < 4.78 is 0. The molecule has 2 amide bonds. The van der Waals surface area contributed by atoms with Crippen molar-refractivity contribution in [2.24, 2.45) is 0 Å². The molecule has 0 aromatic rings. The molecule has 0 bridgehead atoms. The summed E-state index contributed by atoms with van der Waals surface area (Å²) in [5.74, 6) is 0.327. The van der Waals surface area contributed by atoms with Crippen LogP contribution in [0.25, 0.3) is 0 Å². The van der Waals surface area contributed by atoms with Crippen LogP contribution in [0.4, 0.5) is 0 Å². The van der Waals surface area contributed by atoms with Gasteiger partial charge < -0.3 is 10.2 Å². The third kappa shape index (κ3) is 8.97. The van der Waals surface area contributed by atoms with Crippen molar-refractivity contribution in [1.29, 1.82) is 0 Å². The van der Waals surface area contributed by atoms with Crippen molar-refractivity contribution in [2.45, 2.75) is 96.9 Å². The third-order valence-corrected chi connectivity index (χ3v) is 4.60. The Morgan fingerprint density at radius 1 is 0.913 bits per heavy atom. The van der Waals surface area contributed by atoms with Gasteiger partial charge in [0.05, 0.1) is 0 Å². The molecule has 1 saturated carbocycles. The number of carbonyl (C=O) groups is 2. The number of nitrogens with zero attached hydrogens (tertiary/aromatic N) is 1. The first kappa shape index (κ1) is 20.0. The molecule has 0 aliphatic heterocycles. The summed E-state index contributed by atoms with van der Waals surface area (Å²) in [5, 5.41) is 3.18. The lowest BCUT2D eigenvalue weighted by Crippen LogP contribution is -2.35. The molecule has 1 N–H and O–H groups in total. The number of nitrogens with one attached hydrogen (secondary N) is 1. The van der Waals surface area contributed by atoms with Gasteiger partial charge in [0.1, 0.15) is 0 Å². The molecule has 0 saturated heterocycles. The molecule has 0 radical (unpaired) electrons. The minimum Gasteiger partial charge on any atom is -0.353 e. The Labute approximate surface area is 142 Å². The predicted octanol–water partition coefficient (Wildman–Crippen LogP) is 4.03. The van der Waals surface area contributed by atoms with Crippen molar-refractivity contribution in [3.8, 4) is 0 Å². The van der Waals surface area contributed by atoms with Crippen LogP contribution >= 0.6 is 0 Å². The van der Waals surface area contributed by atoms with Crippen LogP contribution in [0.2, 0.25) is 0 Å². The standard InChI is InChI=1S/C19H36N2O2/c1-3-15-21(16-4-2)19(23)14-10-13-18(22)20-17-11-8-6-5-7-9-12-17/h17H,3-16H2,1-2H3,(H,20,22). The van der Waals surface area contributed by atoms with E-state index < -0.39 is 0 Å². The van der Waals surface area contributed by atoms with Gasteiger partial charge in [-0.2, -0.15) is 0 Å². The number of rotatable bonds is 9. The molecule has 0 spiro atoms. The Bertz CT molecular complexity index is 330. The fourth-order valence-corrected chi connectivity index (χ4v) is 3.36. The van der Waals surface area contributed by atoms with Crippen LogP contribution < -0.4 is 5.32 Å². The van der Waals surface area contributed by atoms with Crippen LogP contribution in [0.15, 0.2) is 0 Å². The number of carbonyl (C=O) groups excluding carboxylic acids is 2. The molecule has 4 nitrogen and oxygen atoms in total.